The molecule has 100 valence electrons. The number of rotatable bonds is 7. The molecule has 1 aromatic carbocycles. The van der Waals surface area contributed by atoms with E-state index in [1.807, 2.05) is 18.2 Å². The van der Waals surface area contributed by atoms with Gasteiger partial charge in [-0.05, 0) is 30.5 Å². The number of nitrogens with zero attached hydrogens (tertiary/aromatic N) is 1. The van der Waals surface area contributed by atoms with Crippen LogP contribution in [0.1, 0.15) is 24.4 Å². The van der Waals surface area contributed by atoms with E-state index in [9.17, 15) is 0 Å². The zero-order chi connectivity index (χ0) is 13.0. The van der Waals surface area contributed by atoms with Crippen LogP contribution >= 0.6 is 11.6 Å². The van der Waals surface area contributed by atoms with E-state index in [1.54, 1.807) is 7.11 Å². The Labute approximate surface area is 114 Å². The van der Waals surface area contributed by atoms with Crippen molar-refractivity contribution in [3.63, 3.8) is 0 Å². The van der Waals surface area contributed by atoms with Gasteiger partial charge in [0.2, 0.25) is 0 Å². The summed E-state index contributed by atoms with van der Waals surface area (Å²) in [6.07, 6.45) is 2.53. The molecule has 1 aliphatic carbocycles. The molecule has 2 rings (SSSR count). The largest absolute Gasteiger partial charge is 0.383 e. The van der Waals surface area contributed by atoms with Gasteiger partial charge in [0, 0.05) is 37.3 Å². The van der Waals surface area contributed by atoms with Crippen LogP contribution in [-0.4, -0.2) is 37.7 Å². The van der Waals surface area contributed by atoms with Crippen LogP contribution in [0.2, 0.25) is 5.02 Å². The van der Waals surface area contributed by atoms with Crippen molar-refractivity contribution in [2.75, 3.05) is 26.8 Å². The number of hydrogen-bond donors (Lipinski definition) is 1. The van der Waals surface area contributed by atoms with Crippen LogP contribution < -0.4 is 5.73 Å². The highest BCUT2D eigenvalue weighted by atomic mass is 35.5. The van der Waals surface area contributed by atoms with E-state index in [4.69, 9.17) is 22.1 Å². The van der Waals surface area contributed by atoms with Gasteiger partial charge >= 0.3 is 0 Å². The fraction of sp³-hybridized carbons (Fsp3) is 0.571. The summed E-state index contributed by atoms with van der Waals surface area (Å²) in [5, 5.41) is 0.772. The third-order valence-corrected chi connectivity index (χ3v) is 3.66. The summed E-state index contributed by atoms with van der Waals surface area (Å²) in [6.45, 7) is 2.28. The highest BCUT2D eigenvalue weighted by Crippen LogP contribution is 2.34. The van der Waals surface area contributed by atoms with E-state index in [2.05, 4.69) is 11.0 Å². The molecule has 0 heterocycles. The molecule has 0 radical (unpaired) electrons. The fourth-order valence-corrected chi connectivity index (χ4v) is 2.57. The molecule has 0 bridgehead atoms. The Morgan fingerprint density at radius 2 is 2.28 bits per heavy atom. The van der Waals surface area contributed by atoms with Gasteiger partial charge in [-0.1, -0.05) is 23.7 Å². The number of benzene rings is 1. The van der Waals surface area contributed by atoms with Crippen molar-refractivity contribution in [1.29, 1.82) is 0 Å². The minimum absolute atomic E-state index is 0.242. The summed E-state index contributed by atoms with van der Waals surface area (Å²) in [4.78, 5) is 2.45. The normalized spacial score (nSPS) is 17.1. The zero-order valence-electron chi connectivity index (χ0n) is 10.8. The van der Waals surface area contributed by atoms with Crippen molar-refractivity contribution < 1.29 is 4.74 Å². The Morgan fingerprint density at radius 3 is 2.83 bits per heavy atom. The van der Waals surface area contributed by atoms with E-state index in [0.29, 0.717) is 12.6 Å². The van der Waals surface area contributed by atoms with E-state index < -0.39 is 0 Å². The first-order valence-electron chi connectivity index (χ1n) is 6.46. The minimum Gasteiger partial charge on any atom is -0.383 e. The van der Waals surface area contributed by atoms with Crippen LogP contribution in [0.25, 0.3) is 0 Å². The molecule has 1 saturated carbocycles. The van der Waals surface area contributed by atoms with Gasteiger partial charge in [-0.3, -0.25) is 4.90 Å². The van der Waals surface area contributed by atoms with Crippen LogP contribution in [0.5, 0.6) is 0 Å². The maximum Gasteiger partial charge on any atom is 0.0590 e. The monoisotopic (exact) mass is 268 g/mol. The topological polar surface area (TPSA) is 38.5 Å². The first-order chi connectivity index (χ1) is 8.76. The Morgan fingerprint density at radius 1 is 1.50 bits per heavy atom. The van der Waals surface area contributed by atoms with E-state index in [0.717, 1.165) is 18.2 Å². The van der Waals surface area contributed by atoms with Gasteiger partial charge in [-0.15, -0.1) is 0 Å². The molecule has 4 heteroatoms. The molecule has 18 heavy (non-hydrogen) atoms. The van der Waals surface area contributed by atoms with Gasteiger partial charge < -0.3 is 10.5 Å². The van der Waals surface area contributed by atoms with Gasteiger partial charge in [0.25, 0.3) is 0 Å². The number of methoxy groups -OCH3 is 1. The first-order valence-corrected chi connectivity index (χ1v) is 6.84. The maximum atomic E-state index is 6.07. The summed E-state index contributed by atoms with van der Waals surface area (Å²) in [6, 6.07) is 8.91. The molecule has 1 fully saturated rings. The van der Waals surface area contributed by atoms with Crippen LogP contribution in [-0.2, 0) is 4.74 Å². The molecular formula is C14H21ClN2O. The first kappa shape index (κ1) is 13.8. The summed E-state index contributed by atoms with van der Waals surface area (Å²) in [5.74, 6) is 0. The molecular weight excluding hydrogens is 248 g/mol. The van der Waals surface area contributed by atoms with Gasteiger partial charge in [0.05, 0.1) is 6.61 Å². The lowest BCUT2D eigenvalue weighted by atomic mass is 10.1. The van der Waals surface area contributed by atoms with Gasteiger partial charge in [-0.25, -0.2) is 0 Å². The van der Waals surface area contributed by atoms with Crippen molar-refractivity contribution >= 4 is 11.6 Å². The van der Waals surface area contributed by atoms with E-state index >= 15 is 0 Å². The second-order valence-corrected chi connectivity index (χ2v) is 5.20. The van der Waals surface area contributed by atoms with E-state index in [1.165, 1.54) is 18.4 Å². The summed E-state index contributed by atoms with van der Waals surface area (Å²) < 4.78 is 5.20. The molecule has 0 spiro atoms. The Balaban J connectivity index is 2.13. The SMILES string of the molecule is COCCN(C1CC1)C(CN)c1cccc(Cl)c1. The quantitative estimate of drug-likeness (QED) is 0.826. The number of hydrogen-bond acceptors (Lipinski definition) is 3. The lowest BCUT2D eigenvalue weighted by Gasteiger charge is -2.31. The second kappa shape index (κ2) is 6.53. The van der Waals surface area contributed by atoms with Crippen LogP contribution in [0.4, 0.5) is 0 Å². The van der Waals surface area contributed by atoms with Gasteiger partial charge in [0.15, 0.2) is 0 Å². The third-order valence-electron chi connectivity index (χ3n) is 3.43. The molecule has 0 saturated heterocycles. The van der Waals surface area contributed by atoms with Gasteiger partial charge in [-0.2, -0.15) is 0 Å². The zero-order valence-corrected chi connectivity index (χ0v) is 11.6. The summed E-state index contributed by atoms with van der Waals surface area (Å²) >= 11 is 6.07. The predicted molar refractivity (Wildman–Crippen MR) is 74.9 cm³/mol. The lowest BCUT2D eigenvalue weighted by molar-refractivity contribution is 0.115. The molecule has 0 aromatic heterocycles. The van der Waals surface area contributed by atoms with Crippen LogP contribution in [0.15, 0.2) is 24.3 Å². The smallest absolute Gasteiger partial charge is 0.0590 e. The number of nitrogens with two attached hydrogens (primary N) is 1. The Kier molecular flexibility index (Phi) is 5.01. The molecule has 3 nitrogen and oxygen atoms in total. The average Bonchev–Trinajstić information content (AvgIpc) is 3.18. The fourth-order valence-electron chi connectivity index (χ4n) is 2.37. The molecule has 1 unspecified atom stereocenters. The molecule has 2 N–H and O–H groups in total. The molecule has 1 aliphatic rings. The lowest BCUT2D eigenvalue weighted by Crippen LogP contribution is -2.37. The second-order valence-electron chi connectivity index (χ2n) is 4.77. The number of halogens is 1. The standard InChI is InChI=1S/C14H21ClN2O/c1-18-8-7-17(13-5-6-13)14(10-16)11-3-2-4-12(15)9-11/h2-4,9,13-14H,5-8,10,16H2,1H3. The molecule has 1 atom stereocenters. The van der Waals surface area contributed by atoms with Crippen molar-refractivity contribution in [3.8, 4) is 0 Å². The van der Waals surface area contributed by atoms with Gasteiger partial charge in [0.1, 0.15) is 0 Å². The highest BCUT2D eigenvalue weighted by molar-refractivity contribution is 6.30. The van der Waals surface area contributed by atoms with Crippen LogP contribution in [0.3, 0.4) is 0 Å². The highest BCUT2D eigenvalue weighted by Gasteiger charge is 2.33. The molecule has 0 amide bonds. The maximum absolute atomic E-state index is 6.07. The molecule has 0 aliphatic heterocycles. The van der Waals surface area contributed by atoms with Crippen LogP contribution in [0, 0.1) is 0 Å². The van der Waals surface area contributed by atoms with Crippen molar-refractivity contribution in [2.24, 2.45) is 5.73 Å². The summed E-state index contributed by atoms with van der Waals surface area (Å²) in [7, 11) is 1.74. The minimum atomic E-state index is 0.242. The molecule has 1 aromatic rings. The Bertz CT molecular complexity index is 382. The van der Waals surface area contributed by atoms with Crippen molar-refractivity contribution in [3.05, 3.63) is 34.9 Å². The summed E-state index contributed by atoms with van der Waals surface area (Å²) in [5.41, 5.74) is 7.17. The van der Waals surface area contributed by atoms with E-state index in [-0.39, 0.29) is 6.04 Å². The average molecular weight is 269 g/mol. The Hall–Kier alpha value is -0.610. The third kappa shape index (κ3) is 3.45. The van der Waals surface area contributed by atoms with Crippen molar-refractivity contribution in [1.82, 2.24) is 4.90 Å². The predicted octanol–water partition coefficient (Wildman–Crippen LogP) is 2.45. The van der Waals surface area contributed by atoms with Crippen molar-refractivity contribution in [2.45, 2.75) is 24.9 Å². The number of ether oxygens (including phenoxy) is 1.